The first-order valence-electron chi connectivity index (χ1n) is 8.11. The Balaban J connectivity index is 1.76. The van der Waals surface area contributed by atoms with E-state index in [4.69, 9.17) is 4.74 Å². The molecule has 0 radical (unpaired) electrons. The van der Waals surface area contributed by atoms with Gasteiger partial charge in [0.1, 0.15) is 0 Å². The molecule has 0 N–H and O–H groups in total. The van der Waals surface area contributed by atoms with Crippen molar-refractivity contribution in [1.29, 1.82) is 0 Å². The van der Waals surface area contributed by atoms with Gasteiger partial charge in [-0.05, 0) is 6.07 Å². The Morgan fingerprint density at radius 1 is 0.615 bits per heavy atom. The molecule has 0 saturated carbocycles. The van der Waals surface area contributed by atoms with Gasteiger partial charge in [-0.25, -0.2) is 4.79 Å². The van der Waals surface area contributed by atoms with Crippen LogP contribution in [0.25, 0.3) is 0 Å². The molecule has 0 amide bonds. The third-order valence-electron chi connectivity index (χ3n) is 3.86. The highest BCUT2D eigenvalue weighted by molar-refractivity contribution is 6.14. The van der Waals surface area contributed by atoms with Gasteiger partial charge in [0.25, 0.3) is 0 Å². The Morgan fingerprint density at radius 3 is 1.73 bits per heavy atom. The minimum absolute atomic E-state index is 0.141. The van der Waals surface area contributed by atoms with Crippen molar-refractivity contribution in [2.45, 2.75) is 0 Å². The van der Waals surface area contributed by atoms with Crippen LogP contribution in [0.1, 0.15) is 36.6 Å². The fourth-order valence-electron chi connectivity index (χ4n) is 2.52. The van der Waals surface area contributed by atoms with Crippen LogP contribution >= 0.6 is 0 Å². The Bertz CT molecular complexity index is 931. The molecule has 0 heterocycles. The number of ether oxygens (including phenoxy) is 1. The number of Topliss-reactive ketones (excluding diaryl/α,β-unsaturated/α-hetero) is 1. The van der Waals surface area contributed by atoms with Crippen molar-refractivity contribution in [2.75, 3.05) is 6.61 Å². The molecule has 0 atom stereocenters. The zero-order valence-corrected chi connectivity index (χ0v) is 13.9. The molecule has 0 spiro atoms. The van der Waals surface area contributed by atoms with E-state index in [-0.39, 0.29) is 29.3 Å². The highest BCUT2D eigenvalue weighted by Crippen LogP contribution is 2.16. The van der Waals surface area contributed by atoms with Crippen molar-refractivity contribution in [2.24, 2.45) is 0 Å². The minimum atomic E-state index is -0.700. The Labute approximate surface area is 151 Å². The quantitative estimate of drug-likeness (QED) is 0.502. The first-order chi connectivity index (χ1) is 12.7. The number of hydrogen-bond donors (Lipinski definition) is 0. The summed E-state index contributed by atoms with van der Waals surface area (Å²) >= 11 is 0. The van der Waals surface area contributed by atoms with Crippen LogP contribution in [-0.2, 0) is 4.74 Å². The second-order valence-electron chi connectivity index (χ2n) is 5.61. The summed E-state index contributed by atoms with van der Waals surface area (Å²) in [5.74, 6) is -1.27. The van der Waals surface area contributed by atoms with Crippen molar-refractivity contribution < 1.29 is 19.1 Å². The number of esters is 1. The molecule has 0 unspecified atom stereocenters. The van der Waals surface area contributed by atoms with Crippen LogP contribution in [0, 0.1) is 0 Å². The molecule has 3 rings (SSSR count). The molecule has 0 aromatic heterocycles. The van der Waals surface area contributed by atoms with Gasteiger partial charge in [0.15, 0.2) is 18.2 Å². The molecule has 0 saturated heterocycles. The van der Waals surface area contributed by atoms with E-state index < -0.39 is 5.97 Å². The van der Waals surface area contributed by atoms with E-state index in [1.54, 1.807) is 72.8 Å². The first kappa shape index (κ1) is 17.3. The Kier molecular flexibility index (Phi) is 5.34. The second kappa shape index (κ2) is 8.03. The molecule has 0 bridgehead atoms. The van der Waals surface area contributed by atoms with Gasteiger partial charge >= 0.3 is 5.97 Å². The Hall–Kier alpha value is -3.53. The van der Waals surface area contributed by atoms with Crippen LogP contribution in [0.5, 0.6) is 0 Å². The molecule has 26 heavy (non-hydrogen) atoms. The third-order valence-corrected chi connectivity index (χ3v) is 3.86. The summed E-state index contributed by atoms with van der Waals surface area (Å²) in [6.45, 7) is -0.378. The average molecular weight is 344 g/mol. The number of carbonyl (C=O) groups excluding carboxylic acids is 3. The van der Waals surface area contributed by atoms with Crippen molar-refractivity contribution in [3.8, 4) is 0 Å². The number of ketones is 2. The van der Waals surface area contributed by atoms with E-state index in [1.807, 2.05) is 6.07 Å². The molecule has 0 aliphatic carbocycles. The monoisotopic (exact) mass is 344 g/mol. The summed E-state index contributed by atoms with van der Waals surface area (Å²) in [5, 5.41) is 0. The number of hydrogen-bond acceptors (Lipinski definition) is 4. The molecule has 3 aromatic rings. The van der Waals surface area contributed by atoms with Crippen LogP contribution in [-0.4, -0.2) is 24.1 Å². The summed E-state index contributed by atoms with van der Waals surface area (Å²) in [6, 6.07) is 23.7. The largest absolute Gasteiger partial charge is 0.454 e. The van der Waals surface area contributed by atoms with Crippen molar-refractivity contribution >= 4 is 17.5 Å². The summed E-state index contributed by atoms with van der Waals surface area (Å²) in [7, 11) is 0. The number of rotatable bonds is 6. The maximum atomic E-state index is 12.7. The lowest BCUT2D eigenvalue weighted by Crippen LogP contribution is -2.17. The van der Waals surface area contributed by atoms with Gasteiger partial charge in [-0.1, -0.05) is 78.9 Å². The van der Waals surface area contributed by atoms with Crippen molar-refractivity contribution in [3.05, 3.63) is 107 Å². The standard InChI is InChI=1S/C22H16O4/c23-20(16-9-3-1-4-10-16)15-26-22(25)19-14-8-7-13-18(19)21(24)17-11-5-2-6-12-17/h1-14H,15H2. The van der Waals surface area contributed by atoms with Gasteiger partial charge in [-0.15, -0.1) is 0 Å². The first-order valence-corrected chi connectivity index (χ1v) is 8.11. The maximum Gasteiger partial charge on any atom is 0.339 e. The van der Waals surface area contributed by atoms with Crippen LogP contribution in [0.3, 0.4) is 0 Å². The van der Waals surface area contributed by atoms with Crippen molar-refractivity contribution in [1.82, 2.24) is 0 Å². The van der Waals surface area contributed by atoms with E-state index in [0.717, 1.165) is 0 Å². The van der Waals surface area contributed by atoms with E-state index in [2.05, 4.69) is 0 Å². The number of carbonyl (C=O) groups is 3. The van der Waals surface area contributed by atoms with Gasteiger partial charge < -0.3 is 4.74 Å². The predicted molar refractivity (Wildman–Crippen MR) is 97.4 cm³/mol. The molecule has 4 nitrogen and oxygen atoms in total. The van der Waals surface area contributed by atoms with Gasteiger partial charge in [-0.3, -0.25) is 9.59 Å². The molecule has 0 aliphatic rings. The molecule has 3 aromatic carbocycles. The zero-order chi connectivity index (χ0) is 18.4. The topological polar surface area (TPSA) is 60.4 Å². The summed E-state index contributed by atoms with van der Waals surface area (Å²) in [4.78, 5) is 37.1. The molecule has 0 aliphatic heterocycles. The minimum Gasteiger partial charge on any atom is -0.454 e. The Morgan fingerprint density at radius 2 is 1.12 bits per heavy atom. The van der Waals surface area contributed by atoms with E-state index in [9.17, 15) is 14.4 Å². The fraction of sp³-hybridized carbons (Fsp3) is 0.0455. The average Bonchev–Trinajstić information content (AvgIpc) is 2.72. The SMILES string of the molecule is O=C(COC(=O)c1ccccc1C(=O)c1ccccc1)c1ccccc1. The van der Waals surface area contributed by atoms with Crippen LogP contribution < -0.4 is 0 Å². The number of benzene rings is 3. The van der Waals surface area contributed by atoms with Gasteiger partial charge in [0, 0.05) is 16.7 Å². The smallest absolute Gasteiger partial charge is 0.339 e. The van der Waals surface area contributed by atoms with E-state index in [1.165, 1.54) is 6.07 Å². The lowest BCUT2D eigenvalue weighted by Gasteiger charge is -2.09. The lowest BCUT2D eigenvalue weighted by atomic mass is 9.98. The molecule has 128 valence electrons. The van der Waals surface area contributed by atoms with Gasteiger partial charge in [0.05, 0.1) is 5.56 Å². The molecule has 0 fully saturated rings. The highest BCUT2D eigenvalue weighted by Gasteiger charge is 2.19. The van der Waals surface area contributed by atoms with Crippen LogP contribution in [0.15, 0.2) is 84.9 Å². The normalized spacial score (nSPS) is 10.2. The van der Waals surface area contributed by atoms with Crippen LogP contribution in [0.4, 0.5) is 0 Å². The highest BCUT2D eigenvalue weighted by atomic mass is 16.5. The molecule has 4 heteroatoms. The second-order valence-corrected chi connectivity index (χ2v) is 5.61. The summed E-state index contributed by atoms with van der Waals surface area (Å²) in [5.41, 5.74) is 1.33. The predicted octanol–water partition coefficient (Wildman–Crippen LogP) is 3.96. The van der Waals surface area contributed by atoms with Gasteiger partial charge in [-0.2, -0.15) is 0 Å². The zero-order valence-electron chi connectivity index (χ0n) is 13.9. The van der Waals surface area contributed by atoms with E-state index in [0.29, 0.717) is 11.1 Å². The third kappa shape index (κ3) is 3.92. The molecular weight excluding hydrogens is 328 g/mol. The van der Waals surface area contributed by atoms with Crippen molar-refractivity contribution in [3.63, 3.8) is 0 Å². The van der Waals surface area contributed by atoms with E-state index >= 15 is 0 Å². The fourth-order valence-corrected chi connectivity index (χ4v) is 2.52. The summed E-state index contributed by atoms with van der Waals surface area (Å²) in [6.07, 6.45) is 0. The maximum absolute atomic E-state index is 12.7. The molecular formula is C22H16O4. The van der Waals surface area contributed by atoms with Crippen LogP contribution in [0.2, 0.25) is 0 Å². The lowest BCUT2D eigenvalue weighted by molar-refractivity contribution is 0.0473. The summed E-state index contributed by atoms with van der Waals surface area (Å²) < 4.78 is 5.13. The van der Waals surface area contributed by atoms with Gasteiger partial charge in [0.2, 0.25) is 0 Å².